The predicted octanol–water partition coefficient (Wildman–Crippen LogP) is 4.02. The number of benzene rings is 2. The van der Waals surface area contributed by atoms with E-state index in [1.807, 2.05) is 25.3 Å². The van der Waals surface area contributed by atoms with E-state index < -0.39 is 4.92 Å². The van der Waals surface area contributed by atoms with Crippen LogP contribution in [0.5, 0.6) is 5.75 Å². The van der Waals surface area contributed by atoms with Gasteiger partial charge < -0.3 is 5.11 Å². The van der Waals surface area contributed by atoms with Crippen LogP contribution in [0.15, 0.2) is 48.5 Å². The lowest BCUT2D eigenvalue weighted by molar-refractivity contribution is -0.401. The second-order valence-electron chi connectivity index (χ2n) is 6.46. The third-order valence-corrected chi connectivity index (χ3v) is 4.51. The molecule has 3 rings (SSSR count). The highest BCUT2D eigenvalue weighted by atomic mass is 16.6. The minimum atomic E-state index is -0.508. The highest BCUT2D eigenvalue weighted by molar-refractivity contribution is 6.05. The summed E-state index contributed by atoms with van der Waals surface area (Å²) in [5.74, 6) is -0.115. The monoisotopic (exact) mass is 323 g/mol. The lowest BCUT2D eigenvalue weighted by Gasteiger charge is -2.15. The van der Waals surface area contributed by atoms with E-state index in [0.29, 0.717) is 5.56 Å². The number of nitrogens with zero attached hydrogens (tertiary/aromatic N) is 2. The zero-order valence-corrected chi connectivity index (χ0v) is 13.9. The minimum absolute atomic E-state index is 0.115. The quantitative estimate of drug-likeness (QED) is 0.527. The molecule has 2 aromatic carbocycles. The average molecular weight is 323 g/mol. The van der Waals surface area contributed by atoms with Gasteiger partial charge in [-0.15, -0.1) is 0 Å². The van der Waals surface area contributed by atoms with Crippen molar-refractivity contribution in [3.8, 4) is 5.75 Å². The van der Waals surface area contributed by atoms with Crippen molar-refractivity contribution in [2.45, 2.75) is 19.3 Å². The summed E-state index contributed by atoms with van der Waals surface area (Å²) >= 11 is 0. The molecule has 0 atom stereocenters. The van der Waals surface area contributed by atoms with Gasteiger partial charge in [-0.1, -0.05) is 18.2 Å². The Bertz CT molecular complexity index is 895. The van der Waals surface area contributed by atoms with Crippen molar-refractivity contribution in [2.75, 3.05) is 7.05 Å². The first-order valence-electron chi connectivity index (χ1n) is 7.68. The van der Waals surface area contributed by atoms with E-state index >= 15 is 0 Å². The Labute approximate surface area is 140 Å². The van der Waals surface area contributed by atoms with Crippen LogP contribution in [0, 0.1) is 10.1 Å². The van der Waals surface area contributed by atoms with Crippen molar-refractivity contribution in [1.29, 1.82) is 0 Å². The first-order valence-corrected chi connectivity index (χ1v) is 7.68. The van der Waals surface area contributed by atoms with Crippen molar-refractivity contribution < 1.29 is 14.6 Å². The Morgan fingerprint density at radius 2 is 1.88 bits per heavy atom. The largest absolute Gasteiger partial charge is 0.508 e. The van der Waals surface area contributed by atoms with Crippen LogP contribution in [-0.4, -0.2) is 27.4 Å². The molecule has 1 aliphatic heterocycles. The van der Waals surface area contributed by atoms with E-state index in [1.54, 1.807) is 6.08 Å². The second kappa shape index (κ2) is 5.60. The SMILES string of the molecule is C[N+]1=C(/C=C/c2cc(O)cc([N+](=O)[O-])c2)C(C)(C)c2ccccc21. The summed E-state index contributed by atoms with van der Waals surface area (Å²) in [6, 6.07) is 12.3. The highest BCUT2D eigenvalue weighted by Gasteiger charge is 2.42. The Morgan fingerprint density at radius 1 is 1.17 bits per heavy atom. The van der Waals surface area contributed by atoms with Crippen LogP contribution < -0.4 is 0 Å². The Hall–Kier alpha value is -2.95. The Balaban J connectivity index is 2.02. The van der Waals surface area contributed by atoms with Crippen LogP contribution in [-0.2, 0) is 5.41 Å². The van der Waals surface area contributed by atoms with Crippen molar-refractivity contribution in [1.82, 2.24) is 0 Å². The molecule has 5 heteroatoms. The van der Waals surface area contributed by atoms with Gasteiger partial charge in [-0.25, -0.2) is 0 Å². The van der Waals surface area contributed by atoms with Crippen LogP contribution in [0.25, 0.3) is 6.08 Å². The molecule has 0 fully saturated rings. The molecule has 0 aromatic heterocycles. The van der Waals surface area contributed by atoms with Crippen molar-refractivity contribution >= 4 is 23.2 Å². The molecule has 0 bridgehead atoms. The summed E-state index contributed by atoms with van der Waals surface area (Å²) < 4.78 is 2.13. The van der Waals surface area contributed by atoms with Gasteiger partial charge in [0.1, 0.15) is 12.8 Å². The number of phenolic OH excluding ortho intramolecular Hbond substituents is 1. The molecule has 5 nitrogen and oxygen atoms in total. The second-order valence-corrected chi connectivity index (χ2v) is 6.46. The first kappa shape index (κ1) is 15.9. The summed E-state index contributed by atoms with van der Waals surface area (Å²) in [6.07, 6.45) is 3.75. The summed E-state index contributed by atoms with van der Waals surface area (Å²) in [5.41, 5.74) is 3.80. The number of rotatable bonds is 3. The molecule has 0 saturated heterocycles. The Kier molecular flexibility index (Phi) is 3.72. The van der Waals surface area contributed by atoms with Crippen molar-refractivity contribution in [3.63, 3.8) is 0 Å². The number of allylic oxidation sites excluding steroid dienone is 1. The predicted molar refractivity (Wildman–Crippen MR) is 94.1 cm³/mol. The standard InChI is InChI=1S/C19H18N2O3/c1-19(2)16-6-4-5-7-17(16)20(3)18(19)9-8-13-10-14(21(23)24)12-15(22)11-13/h4-12H,1-3H3/p+1/b9-8+. The number of non-ortho nitro benzene ring substituents is 1. The molecule has 122 valence electrons. The van der Waals surface area contributed by atoms with Gasteiger partial charge >= 0.3 is 0 Å². The number of hydrogen-bond acceptors (Lipinski definition) is 3. The zero-order valence-electron chi connectivity index (χ0n) is 13.9. The number of aromatic hydroxyl groups is 1. The molecule has 0 amide bonds. The van der Waals surface area contributed by atoms with Gasteiger partial charge in [-0.3, -0.25) is 10.1 Å². The molecular weight excluding hydrogens is 304 g/mol. The lowest BCUT2D eigenvalue weighted by Crippen LogP contribution is -2.26. The minimum Gasteiger partial charge on any atom is -0.508 e. The zero-order chi connectivity index (χ0) is 17.5. The maximum Gasteiger partial charge on any atom is 0.273 e. The molecule has 0 unspecified atom stereocenters. The van der Waals surface area contributed by atoms with E-state index in [1.165, 1.54) is 17.7 Å². The smallest absolute Gasteiger partial charge is 0.273 e. The lowest BCUT2D eigenvalue weighted by atomic mass is 9.81. The van der Waals surface area contributed by atoms with Crippen LogP contribution in [0.4, 0.5) is 11.4 Å². The van der Waals surface area contributed by atoms with E-state index in [0.717, 1.165) is 17.5 Å². The molecule has 1 aliphatic rings. The van der Waals surface area contributed by atoms with Gasteiger partial charge in [-0.2, -0.15) is 4.58 Å². The van der Waals surface area contributed by atoms with Crippen molar-refractivity contribution in [3.05, 3.63) is 69.8 Å². The summed E-state index contributed by atoms with van der Waals surface area (Å²) in [7, 11) is 2.01. The van der Waals surface area contributed by atoms with Gasteiger partial charge in [0.15, 0.2) is 5.71 Å². The summed E-state index contributed by atoms with van der Waals surface area (Å²) in [6.45, 7) is 4.31. The third kappa shape index (κ3) is 2.58. The topological polar surface area (TPSA) is 66.4 Å². The first-order chi connectivity index (χ1) is 11.3. The molecular formula is C19H19N2O3+. The highest BCUT2D eigenvalue weighted by Crippen LogP contribution is 2.39. The van der Waals surface area contributed by atoms with E-state index in [9.17, 15) is 15.2 Å². The Morgan fingerprint density at radius 3 is 2.54 bits per heavy atom. The number of nitro benzene ring substituents is 1. The van der Waals surface area contributed by atoms with Crippen molar-refractivity contribution in [2.24, 2.45) is 0 Å². The van der Waals surface area contributed by atoms with Gasteiger partial charge in [0.25, 0.3) is 5.69 Å². The van der Waals surface area contributed by atoms with Crippen LogP contribution in [0.2, 0.25) is 0 Å². The number of fused-ring (bicyclic) bond motifs is 1. The maximum atomic E-state index is 10.9. The normalized spacial score (nSPS) is 15.8. The molecule has 0 spiro atoms. The van der Waals surface area contributed by atoms with Gasteiger partial charge in [0.2, 0.25) is 5.69 Å². The van der Waals surface area contributed by atoms with Crippen LogP contribution in [0.1, 0.15) is 25.0 Å². The molecule has 1 N–H and O–H groups in total. The fourth-order valence-corrected chi connectivity index (χ4v) is 3.30. The van der Waals surface area contributed by atoms with E-state index in [-0.39, 0.29) is 16.9 Å². The van der Waals surface area contributed by atoms with Crippen LogP contribution >= 0.6 is 0 Å². The molecule has 1 heterocycles. The maximum absolute atomic E-state index is 10.9. The number of hydrogen-bond donors (Lipinski definition) is 1. The number of nitro groups is 1. The molecule has 24 heavy (non-hydrogen) atoms. The van der Waals surface area contributed by atoms with Crippen LogP contribution in [0.3, 0.4) is 0 Å². The third-order valence-electron chi connectivity index (χ3n) is 4.51. The summed E-state index contributed by atoms with van der Waals surface area (Å²) in [4.78, 5) is 10.4. The fraction of sp³-hybridized carbons (Fsp3) is 0.211. The molecule has 0 radical (unpaired) electrons. The number of phenols is 1. The average Bonchev–Trinajstić information content (AvgIpc) is 2.72. The molecule has 0 aliphatic carbocycles. The van der Waals surface area contributed by atoms with Gasteiger partial charge in [0, 0.05) is 23.8 Å². The number of para-hydroxylation sites is 1. The van der Waals surface area contributed by atoms with E-state index in [2.05, 4.69) is 30.6 Å². The summed E-state index contributed by atoms with van der Waals surface area (Å²) in [5, 5.41) is 20.6. The van der Waals surface area contributed by atoms with E-state index in [4.69, 9.17) is 0 Å². The fourth-order valence-electron chi connectivity index (χ4n) is 3.30. The van der Waals surface area contributed by atoms with Gasteiger partial charge in [-0.05, 0) is 31.6 Å². The molecule has 0 saturated carbocycles. The molecule has 2 aromatic rings. The van der Waals surface area contributed by atoms with Gasteiger partial charge in [0.05, 0.1) is 16.4 Å².